The number of aliphatic hydroxyl groups excluding tert-OH is 1. The average Bonchev–Trinajstić information content (AvgIpc) is 2.03. The van der Waals surface area contributed by atoms with E-state index in [1.54, 1.807) is 0 Å². The number of aromatic hydroxyl groups is 1. The number of aliphatic hydroxyl groups is 1. The third kappa shape index (κ3) is 1.75. The number of rotatable bonds is 2. The largest absolute Gasteiger partial charge is 0.502 e. The highest BCUT2D eigenvalue weighted by Gasteiger charge is 2.18. The summed E-state index contributed by atoms with van der Waals surface area (Å²) in [6.45, 7) is 1.43. The van der Waals surface area contributed by atoms with E-state index in [9.17, 15) is 15.2 Å². The van der Waals surface area contributed by atoms with Gasteiger partial charge in [-0.15, -0.1) is 0 Å². The van der Waals surface area contributed by atoms with Crippen molar-refractivity contribution in [1.82, 2.24) is 0 Å². The monoisotopic (exact) mass is 183 g/mol. The highest BCUT2D eigenvalue weighted by Crippen LogP contribution is 2.32. The van der Waals surface area contributed by atoms with Gasteiger partial charge in [-0.2, -0.15) is 0 Å². The van der Waals surface area contributed by atoms with Crippen molar-refractivity contribution >= 4 is 5.69 Å². The van der Waals surface area contributed by atoms with E-state index >= 15 is 0 Å². The molecule has 1 unspecified atom stereocenters. The topological polar surface area (TPSA) is 83.6 Å². The van der Waals surface area contributed by atoms with Gasteiger partial charge < -0.3 is 10.2 Å². The molecule has 0 aliphatic carbocycles. The summed E-state index contributed by atoms with van der Waals surface area (Å²) in [6.07, 6.45) is -0.917. The van der Waals surface area contributed by atoms with Crippen molar-refractivity contribution in [3.63, 3.8) is 0 Å². The van der Waals surface area contributed by atoms with Gasteiger partial charge in [-0.25, -0.2) is 0 Å². The van der Waals surface area contributed by atoms with E-state index in [1.807, 2.05) is 0 Å². The lowest BCUT2D eigenvalue weighted by Crippen LogP contribution is -1.95. The van der Waals surface area contributed by atoms with Crippen LogP contribution < -0.4 is 0 Å². The van der Waals surface area contributed by atoms with E-state index in [0.29, 0.717) is 0 Å². The van der Waals surface area contributed by atoms with E-state index < -0.39 is 22.5 Å². The number of phenols is 1. The molecule has 1 aromatic carbocycles. The van der Waals surface area contributed by atoms with Crippen LogP contribution in [0.1, 0.15) is 18.6 Å². The zero-order valence-electron chi connectivity index (χ0n) is 6.97. The second-order valence-corrected chi connectivity index (χ2v) is 2.65. The molecule has 0 spiro atoms. The Kier molecular flexibility index (Phi) is 2.48. The SMILES string of the molecule is CC(O)c1cccc([N+](=O)[O-])c1O. The Morgan fingerprint density at radius 3 is 2.62 bits per heavy atom. The first-order chi connectivity index (χ1) is 6.04. The first kappa shape index (κ1) is 9.47. The molecular formula is C8H9NO4. The van der Waals surface area contributed by atoms with Crippen LogP contribution in [0.5, 0.6) is 5.75 Å². The number of nitrogens with zero attached hydrogens (tertiary/aromatic N) is 1. The molecule has 0 bridgehead atoms. The molecule has 2 N–H and O–H groups in total. The minimum absolute atomic E-state index is 0.161. The van der Waals surface area contributed by atoms with Crippen LogP contribution in [-0.4, -0.2) is 15.1 Å². The molecular weight excluding hydrogens is 174 g/mol. The van der Waals surface area contributed by atoms with Gasteiger partial charge in [0.05, 0.1) is 11.0 Å². The predicted octanol–water partition coefficient (Wildman–Crippen LogP) is 1.35. The van der Waals surface area contributed by atoms with E-state index in [1.165, 1.54) is 25.1 Å². The Morgan fingerprint density at radius 1 is 1.54 bits per heavy atom. The summed E-state index contributed by atoms with van der Waals surface area (Å²) in [5.41, 5.74) is -0.229. The van der Waals surface area contributed by atoms with Crippen LogP contribution >= 0.6 is 0 Å². The van der Waals surface area contributed by atoms with E-state index in [0.717, 1.165) is 0 Å². The summed E-state index contributed by atoms with van der Waals surface area (Å²) >= 11 is 0. The van der Waals surface area contributed by atoms with Crippen LogP contribution in [0.25, 0.3) is 0 Å². The molecule has 0 aromatic heterocycles. The summed E-state index contributed by atoms with van der Waals surface area (Å²) < 4.78 is 0. The van der Waals surface area contributed by atoms with Crippen molar-refractivity contribution in [3.8, 4) is 5.75 Å². The van der Waals surface area contributed by atoms with Crippen molar-refractivity contribution in [2.75, 3.05) is 0 Å². The van der Waals surface area contributed by atoms with Gasteiger partial charge in [-0.3, -0.25) is 10.1 Å². The molecule has 5 heteroatoms. The number of hydrogen-bond donors (Lipinski definition) is 2. The van der Waals surface area contributed by atoms with Crippen LogP contribution in [0.3, 0.4) is 0 Å². The lowest BCUT2D eigenvalue weighted by molar-refractivity contribution is -0.386. The van der Waals surface area contributed by atoms with Crippen molar-refractivity contribution in [1.29, 1.82) is 0 Å². The normalized spacial score (nSPS) is 12.5. The second kappa shape index (κ2) is 3.40. The Labute approximate surface area is 74.4 Å². The third-order valence-electron chi connectivity index (χ3n) is 1.69. The fraction of sp³-hybridized carbons (Fsp3) is 0.250. The first-order valence-electron chi connectivity index (χ1n) is 3.68. The molecule has 1 aromatic rings. The Bertz CT molecular complexity index is 335. The van der Waals surface area contributed by atoms with Gasteiger partial charge in [0.25, 0.3) is 0 Å². The molecule has 0 saturated carbocycles. The molecule has 1 atom stereocenters. The zero-order chi connectivity index (χ0) is 10.0. The smallest absolute Gasteiger partial charge is 0.311 e. The maximum absolute atomic E-state index is 10.4. The molecule has 5 nitrogen and oxygen atoms in total. The van der Waals surface area contributed by atoms with Gasteiger partial charge in [0, 0.05) is 11.6 Å². The number of nitro groups is 1. The average molecular weight is 183 g/mol. The molecule has 13 heavy (non-hydrogen) atoms. The van der Waals surface area contributed by atoms with Crippen LogP contribution in [-0.2, 0) is 0 Å². The van der Waals surface area contributed by atoms with Gasteiger partial charge in [0.2, 0.25) is 0 Å². The molecule has 1 rings (SSSR count). The van der Waals surface area contributed by atoms with Crippen LogP contribution in [0.2, 0.25) is 0 Å². The van der Waals surface area contributed by atoms with Crippen LogP contribution in [0.4, 0.5) is 5.69 Å². The minimum Gasteiger partial charge on any atom is -0.502 e. The van der Waals surface area contributed by atoms with Gasteiger partial charge in [-0.05, 0) is 6.92 Å². The summed E-state index contributed by atoms with van der Waals surface area (Å²) in [7, 11) is 0. The Balaban J connectivity index is 3.26. The quantitative estimate of drug-likeness (QED) is 0.535. The first-order valence-corrected chi connectivity index (χ1v) is 3.68. The fourth-order valence-corrected chi connectivity index (χ4v) is 1.03. The number of para-hydroxylation sites is 1. The summed E-state index contributed by atoms with van der Waals surface area (Å²) in [5.74, 6) is -0.470. The highest BCUT2D eigenvalue weighted by atomic mass is 16.6. The second-order valence-electron chi connectivity index (χ2n) is 2.65. The molecule has 70 valence electrons. The molecule has 0 heterocycles. The van der Waals surface area contributed by atoms with Crippen molar-refractivity contribution in [2.24, 2.45) is 0 Å². The van der Waals surface area contributed by atoms with Crippen LogP contribution in [0.15, 0.2) is 18.2 Å². The van der Waals surface area contributed by atoms with Crippen molar-refractivity contribution in [2.45, 2.75) is 13.0 Å². The predicted molar refractivity (Wildman–Crippen MR) is 45.4 cm³/mol. The van der Waals surface area contributed by atoms with Gasteiger partial charge in [-0.1, -0.05) is 12.1 Å². The number of benzene rings is 1. The van der Waals surface area contributed by atoms with Gasteiger partial charge in [0.1, 0.15) is 0 Å². The number of nitro benzene ring substituents is 1. The lowest BCUT2D eigenvalue weighted by Gasteiger charge is -2.06. The summed E-state index contributed by atoms with van der Waals surface area (Å²) in [5, 5.41) is 28.8. The maximum Gasteiger partial charge on any atom is 0.311 e. The maximum atomic E-state index is 10.4. The number of phenolic OH excluding ortho intramolecular Hbond substituents is 1. The standard InChI is InChI=1S/C8H9NO4/c1-5(10)6-3-2-4-7(8(6)11)9(12)13/h2-5,10-11H,1H3. The Morgan fingerprint density at radius 2 is 2.15 bits per heavy atom. The number of hydrogen-bond acceptors (Lipinski definition) is 4. The molecule has 0 fully saturated rings. The van der Waals surface area contributed by atoms with E-state index in [2.05, 4.69) is 0 Å². The zero-order valence-corrected chi connectivity index (χ0v) is 6.97. The van der Waals surface area contributed by atoms with Gasteiger partial charge >= 0.3 is 5.69 Å². The molecule has 0 amide bonds. The minimum atomic E-state index is -0.917. The summed E-state index contributed by atoms with van der Waals surface area (Å²) in [6, 6.07) is 4.04. The Hall–Kier alpha value is -1.62. The molecule has 0 radical (unpaired) electrons. The van der Waals surface area contributed by atoms with E-state index in [-0.39, 0.29) is 5.56 Å². The third-order valence-corrected chi connectivity index (χ3v) is 1.69. The van der Waals surface area contributed by atoms with Crippen molar-refractivity contribution < 1.29 is 15.1 Å². The summed E-state index contributed by atoms with van der Waals surface area (Å²) in [4.78, 5) is 9.67. The van der Waals surface area contributed by atoms with Crippen molar-refractivity contribution in [3.05, 3.63) is 33.9 Å². The van der Waals surface area contributed by atoms with E-state index in [4.69, 9.17) is 5.11 Å². The lowest BCUT2D eigenvalue weighted by atomic mass is 10.1. The fourth-order valence-electron chi connectivity index (χ4n) is 1.03. The van der Waals surface area contributed by atoms with Gasteiger partial charge in [0.15, 0.2) is 5.75 Å². The molecule has 0 aliphatic rings. The molecule has 0 saturated heterocycles. The highest BCUT2D eigenvalue weighted by molar-refractivity contribution is 5.51. The molecule has 0 aliphatic heterocycles. The van der Waals surface area contributed by atoms with Crippen LogP contribution in [0, 0.1) is 10.1 Å².